The van der Waals surface area contributed by atoms with Gasteiger partial charge in [0.2, 0.25) is 0 Å². The maximum atomic E-state index is 13.6. The SMILES string of the molecule is COc1ccc(NS(=O)(=O)c2ccc(C)cc2N)cc1F. The Balaban J connectivity index is 2.35. The Morgan fingerprint density at radius 2 is 1.90 bits per heavy atom. The minimum atomic E-state index is -3.88. The molecule has 2 rings (SSSR count). The third-order valence-corrected chi connectivity index (χ3v) is 4.31. The normalized spacial score (nSPS) is 11.2. The van der Waals surface area contributed by atoms with Crippen LogP contribution in [0.4, 0.5) is 15.8 Å². The molecule has 0 saturated carbocycles. The van der Waals surface area contributed by atoms with Gasteiger partial charge >= 0.3 is 0 Å². The number of nitrogens with two attached hydrogens (primary N) is 1. The number of rotatable bonds is 4. The maximum Gasteiger partial charge on any atom is 0.263 e. The fraction of sp³-hybridized carbons (Fsp3) is 0.143. The molecular weight excluding hydrogens is 295 g/mol. The van der Waals surface area contributed by atoms with Crippen LogP contribution >= 0.6 is 0 Å². The van der Waals surface area contributed by atoms with Gasteiger partial charge < -0.3 is 10.5 Å². The minimum Gasteiger partial charge on any atom is -0.494 e. The van der Waals surface area contributed by atoms with E-state index in [4.69, 9.17) is 10.5 Å². The first-order chi connectivity index (χ1) is 9.83. The van der Waals surface area contributed by atoms with Gasteiger partial charge in [0.05, 0.1) is 18.5 Å². The molecule has 112 valence electrons. The Hall–Kier alpha value is -2.28. The van der Waals surface area contributed by atoms with Crippen LogP contribution in [0.3, 0.4) is 0 Å². The van der Waals surface area contributed by atoms with Crippen molar-refractivity contribution in [3.05, 3.63) is 47.8 Å². The van der Waals surface area contributed by atoms with Crippen molar-refractivity contribution in [2.75, 3.05) is 17.6 Å². The van der Waals surface area contributed by atoms with Crippen molar-refractivity contribution in [2.45, 2.75) is 11.8 Å². The molecule has 0 atom stereocenters. The highest BCUT2D eigenvalue weighted by atomic mass is 32.2. The van der Waals surface area contributed by atoms with E-state index >= 15 is 0 Å². The van der Waals surface area contributed by atoms with Gasteiger partial charge in [-0.15, -0.1) is 0 Å². The summed E-state index contributed by atoms with van der Waals surface area (Å²) in [4.78, 5) is -0.0515. The van der Waals surface area contributed by atoms with Crippen molar-refractivity contribution in [1.29, 1.82) is 0 Å². The summed E-state index contributed by atoms with van der Waals surface area (Å²) in [6.07, 6.45) is 0. The van der Waals surface area contributed by atoms with Crippen molar-refractivity contribution in [3.8, 4) is 5.75 Å². The lowest BCUT2D eigenvalue weighted by atomic mass is 10.2. The van der Waals surface area contributed by atoms with Crippen LogP contribution in [0.25, 0.3) is 0 Å². The Morgan fingerprint density at radius 3 is 2.48 bits per heavy atom. The van der Waals surface area contributed by atoms with E-state index in [0.29, 0.717) is 0 Å². The van der Waals surface area contributed by atoms with Gasteiger partial charge in [-0.1, -0.05) is 6.07 Å². The van der Waals surface area contributed by atoms with Crippen LogP contribution < -0.4 is 15.2 Å². The molecule has 0 aliphatic rings. The van der Waals surface area contributed by atoms with E-state index in [-0.39, 0.29) is 22.0 Å². The van der Waals surface area contributed by atoms with Crippen LogP contribution in [-0.4, -0.2) is 15.5 Å². The zero-order chi connectivity index (χ0) is 15.6. The van der Waals surface area contributed by atoms with Crippen molar-refractivity contribution in [3.63, 3.8) is 0 Å². The number of methoxy groups -OCH3 is 1. The summed E-state index contributed by atoms with van der Waals surface area (Å²) in [6, 6.07) is 8.39. The van der Waals surface area contributed by atoms with Crippen LogP contribution in [0.15, 0.2) is 41.3 Å². The Bertz CT molecular complexity index is 776. The molecule has 2 aromatic carbocycles. The summed E-state index contributed by atoms with van der Waals surface area (Å²) >= 11 is 0. The van der Waals surface area contributed by atoms with E-state index in [1.54, 1.807) is 19.1 Å². The lowest BCUT2D eigenvalue weighted by Gasteiger charge is -2.11. The second-order valence-electron chi connectivity index (χ2n) is 4.50. The van der Waals surface area contributed by atoms with Gasteiger partial charge in [-0.05, 0) is 36.8 Å². The monoisotopic (exact) mass is 310 g/mol. The highest BCUT2D eigenvalue weighted by Gasteiger charge is 2.18. The number of sulfonamides is 1. The molecule has 7 heteroatoms. The molecule has 0 aliphatic heterocycles. The van der Waals surface area contributed by atoms with E-state index in [9.17, 15) is 12.8 Å². The molecule has 21 heavy (non-hydrogen) atoms. The third kappa shape index (κ3) is 3.25. The standard InChI is InChI=1S/C14H15FN2O3S/c1-9-3-6-14(12(16)7-9)21(18,19)17-10-4-5-13(20-2)11(15)8-10/h3-8,17H,16H2,1-2H3. The predicted octanol–water partition coefficient (Wildman–Crippen LogP) is 2.53. The summed E-state index contributed by atoms with van der Waals surface area (Å²) in [5.41, 5.74) is 6.80. The third-order valence-electron chi connectivity index (χ3n) is 2.86. The summed E-state index contributed by atoms with van der Waals surface area (Å²) in [5.74, 6) is -0.623. The molecule has 0 aromatic heterocycles. The molecule has 2 aromatic rings. The van der Waals surface area contributed by atoms with Gasteiger partial charge in [0, 0.05) is 6.07 Å². The predicted molar refractivity (Wildman–Crippen MR) is 79.4 cm³/mol. The molecule has 3 N–H and O–H groups in total. The molecule has 0 unspecified atom stereocenters. The van der Waals surface area contributed by atoms with Gasteiger partial charge in [0.15, 0.2) is 11.6 Å². The molecule has 0 radical (unpaired) electrons. The number of benzene rings is 2. The van der Waals surface area contributed by atoms with Crippen LogP contribution in [0, 0.1) is 12.7 Å². The Labute approximate surface area is 122 Å². The van der Waals surface area contributed by atoms with Crippen LogP contribution in [0.2, 0.25) is 0 Å². The van der Waals surface area contributed by atoms with E-state index in [2.05, 4.69) is 4.72 Å². The molecular formula is C14H15FN2O3S. The van der Waals surface area contributed by atoms with Gasteiger partial charge in [0.25, 0.3) is 10.0 Å². The van der Waals surface area contributed by atoms with E-state index in [1.807, 2.05) is 0 Å². The highest BCUT2D eigenvalue weighted by molar-refractivity contribution is 7.92. The van der Waals surface area contributed by atoms with Crippen LogP contribution in [0.5, 0.6) is 5.75 Å². The smallest absolute Gasteiger partial charge is 0.263 e. The van der Waals surface area contributed by atoms with Gasteiger partial charge in [-0.2, -0.15) is 0 Å². The molecule has 0 bridgehead atoms. The number of ether oxygens (including phenoxy) is 1. The van der Waals surface area contributed by atoms with Crippen LogP contribution in [-0.2, 0) is 10.0 Å². The van der Waals surface area contributed by atoms with E-state index < -0.39 is 15.8 Å². The molecule has 0 heterocycles. The fourth-order valence-corrected chi connectivity index (χ4v) is 3.02. The molecule has 5 nitrogen and oxygen atoms in total. The summed E-state index contributed by atoms with van der Waals surface area (Å²) in [6.45, 7) is 1.80. The lowest BCUT2D eigenvalue weighted by molar-refractivity contribution is 0.386. The molecule has 0 fully saturated rings. The quantitative estimate of drug-likeness (QED) is 0.850. The van der Waals surface area contributed by atoms with Crippen LogP contribution in [0.1, 0.15) is 5.56 Å². The first-order valence-electron chi connectivity index (χ1n) is 6.06. The largest absolute Gasteiger partial charge is 0.494 e. The van der Waals surface area contributed by atoms with Crippen molar-refractivity contribution in [1.82, 2.24) is 0 Å². The second-order valence-corrected chi connectivity index (χ2v) is 6.15. The first kappa shape index (κ1) is 15.1. The van der Waals surface area contributed by atoms with E-state index in [1.165, 1.54) is 25.3 Å². The van der Waals surface area contributed by atoms with Gasteiger partial charge in [0.1, 0.15) is 4.90 Å². The zero-order valence-electron chi connectivity index (χ0n) is 11.6. The average Bonchev–Trinajstić information content (AvgIpc) is 2.37. The fourth-order valence-electron chi connectivity index (χ4n) is 1.85. The number of hydrogen-bond acceptors (Lipinski definition) is 4. The van der Waals surface area contributed by atoms with Crippen molar-refractivity contribution < 1.29 is 17.5 Å². The number of halogens is 1. The minimum absolute atomic E-state index is 0.0350. The van der Waals surface area contributed by atoms with Gasteiger partial charge in [-0.25, -0.2) is 12.8 Å². The number of nitrogens with one attached hydrogen (secondary N) is 1. The summed E-state index contributed by atoms with van der Waals surface area (Å²) in [7, 11) is -2.55. The molecule has 0 amide bonds. The van der Waals surface area contributed by atoms with E-state index in [0.717, 1.165) is 11.6 Å². The average molecular weight is 310 g/mol. The van der Waals surface area contributed by atoms with Crippen molar-refractivity contribution in [2.24, 2.45) is 0 Å². The first-order valence-corrected chi connectivity index (χ1v) is 7.54. The molecule has 0 aliphatic carbocycles. The zero-order valence-corrected chi connectivity index (χ0v) is 12.4. The Kier molecular flexibility index (Phi) is 4.04. The Morgan fingerprint density at radius 1 is 1.19 bits per heavy atom. The highest BCUT2D eigenvalue weighted by Crippen LogP contribution is 2.25. The molecule has 0 spiro atoms. The number of aryl methyl sites for hydroxylation is 1. The number of anilines is 2. The topological polar surface area (TPSA) is 81.4 Å². The number of nitrogen functional groups attached to an aromatic ring is 1. The molecule has 0 saturated heterocycles. The van der Waals surface area contributed by atoms with Gasteiger partial charge in [-0.3, -0.25) is 4.72 Å². The maximum absolute atomic E-state index is 13.6. The van der Waals surface area contributed by atoms with Crippen molar-refractivity contribution >= 4 is 21.4 Å². The number of hydrogen-bond donors (Lipinski definition) is 2. The lowest BCUT2D eigenvalue weighted by Crippen LogP contribution is -2.15. The summed E-state index contributed by atoms with van der Waals surface area (Å²) < 4.78 is 45.1. The summed E-state index contributed by atoms with van der Waals surface area (Å²) in [5, 5.41) is 0. The second kappa shape index (κ2) is 5.61.